The van der Waals surface area contributed by atoms with Crippen LogP contribution in [0, 0.1) is 0 Å². The van der Waals surface area contributed by atoms with Crippen LogP contribution in [-0.2, 0) is 6.54 Å². The van der Waals surface area contributed by atoms with Crippen molar-refractivity contribution >= 4 is 10.9 Å². The average Bonchev–Trinajstić information content (AvgIpc) is 2.69. The summed E-state index contributed by atoms with van der Waals surface area (Å²) in [6.07, 6.45) is 0. The maximum atomic E-state index is 4.28. The fraction of sp³-hybridized carbons (Fsp3) is 0.462. The van der Waals surface area contributed by atoms with Crippen molar-refractivity contribution in [1.29, 1.82) is 0 Å². The molecule has 0 aliphatic carbocycles. The number of aromatic amines is 1. The van der Waals surface area contributed by atoms with Gasteiger partial charge < -0.3 is 10.2 Å². The number of benzene rings is 1. The summed E-state index contributed by atoms with van der Waals surface area (Å²) in [5.41, 5.74) is 2.19. The molecule has 0 radical (unpaired) electrons. The molecule has 0 spiro atoms. The molecule has 0 saturated heterocycles. The Morgan fingerprint density at radius 2 is 2.12 bits per heavy atom. The van der Waals surface area contributed by atoms with Gasteiger partial charge in [0.15, 0.2) is 0 Å². The van der Waals surface area contributed by atoms with E-state index in [0.29, 0.717) is 6.04 Å². The molecule has 2 rings (SSSR count). The lowest BCUT2D eigenvalue weighted by Gasteiger charge is -2.17. The van der Waals surface area contributed by atoms with E-state index in [1.807, 2.05) is 18.2 Å². The van der Waals surface area contributed by atoms with E-state index in [0.717, 1.165) is 24.3 Å². The summed E-state index contributed by atoms with van der Waals surface area (Å²) >= 11 is 0. The van der Waals surface area contributed by atoms with E-state index < -0.39 is 0 Å². The van der Waals surface area contributed by atoms with Crippen molar-refractivity contribution in [2.75, 3.05) is 20.6 Å². The Labute approximate surface area is 102 Å². The molecule has 2 N–H and O–H groups in total. The third kappa shape index (κ3) is 3.05. The molecule has 0 aliphatic heterocycles. The van der Waals surface area contributed by atoms with E-state index in [1.54, 1.807) is 0 Å². The van der Waals surface area contributed by atoms with Crippen molar-refractivity contribution < 1.29 is 0 Å². The SMILES string of the molecule is CC(CN(C)C)NCc1[nH]nc2ccccc12. The third-order valence-corrected chi connectivity index (χ3v) is 2.81. The zero-order valence-electron chi connectivity index (χ0n) is 10.7. The first-order chi connectivity index (χ1) is 8.16. The van der Waals surface area contributed by atoms with Crippen molar-refractivity contribution in [3.63, 3.8) is 0 Å². The van der Waals surface area contributed by atoms with Gasteiger partial charge in [-0.15, -0.1) is 0 Å². The highest BCUT2D eigenvalue weighted by Crippen LogP contribution is 2.14. The minimum absolute atomic E-state index is 0.465. The van der Waals surface area contributed by atoms with Crippen LogP contribution in [0.15, 0.2) is 24.3 Å². The normalized spacial score (nSPS) is 13.4. The predicted molar refractivity (Wildman–Crippen MR) is 70.9 cm³/mol. The number of hydrogen-bond donors (Lipinski definition) is 2. The van der Waals surface area contributed by atoms with Crippen LogP contribution in [0.4, 0.5) is 0 Å². The van der Waals surface area contributed by atoms with Crippen molar-refractivity contribution in [3.05, 3.63) is 30.0 Å². The Morgan fingerprint density at radius 1 is 1.35 bits per heavy atom. The summed E-state index contributed by atoms with van der Waals surface area (Å²) in [5.74, 6) is 0. The molecule has 4 nitrogen and oxygen atoms in total. The second-order valence-corrected chi connectivity index (χ2v) is 4.76. The lowest BCUT2D eigenvalue weighted by molar-refractivity contribution is 0.348. The number of rotatable bonds is 5. The Bertz CT molecular complexity index is 475. The lowest BCUT2D eigenvalue weighted by atomic mass is 10.2. The van der Waals surface area contributed by atoms with Gasteiger partial charge >= 0.3 is 0 Å². The predicted octanol–water partition coefficient (Wildman–Crippen LogP) is 1.60. The molecular weight excluding hydrogens is 212 g/mol. The number of nitrogens with one attached hydrogen (secondary N) is 2. The monoisotopic (exact) mass is 232 g/mol. The van der Waals surface area contributed by atoms with Crippen LogP contribution >= 0.6 is 0 Å². The molecule has 1 unspecified atom stereocenters. The van der Waals surface area contributed by atoms with Crippen LogP contribution in [0.25, 0.3) is 10.9 Å². The minimum Gasteiger partial charge on any atom is -0.308 e. The lowest BCUT2D eigenvalue weighted by Crippen LogP contribution is -2.35. The summed E-state index contributed by atoms with van der Waals surface area (Å²) in [5, 5.41) is 12.1. The van der Waals surface area contributed by atoms with Crippen LogP contribution in [0.1, 0.15) is 12.6 Å². The largest absolute Gasteiger partial charge is 0.308 e. The van der Waals surface area contributed by atoms with Gasteiger partial charge in [0.25, 0.3) is 0 Å². The first kappa shape index (κ1) is 12.1. The third-order valence-electron chi connectivity index (χ3n) is 2.81. The van der Waals surface area contributed by atoms with Gasteiger partial charge in [-0.25, -0.2) is 0 Å². The molecule has 0 saturated carbocycles. The second-order valence-electron chi connectivity index (χ2n) is 4.76. The van der Waals surface area contributed by atoms with Gasteiger partial charge in [0.2, 0.25) is 0 Å². The smallest absolute Gasteiger partial charge is 0.0924 e. The standard InChI is InChI=1S/C13H20N4/c1-10(9-17(2)3)14-8-13-11-6-4-5-7-12(11)15-16-13/h4-7,10,14H,8-9H2,1-3H3,(H,15,16). The van der Waals surface area contributed by atoms with Crippen LogP contribution in [0.5, 0.6) is 0 Å². The molecule has 1 atom stereocenters. The molecule has 0 bridgehead atoms. The number of likely N-dealkylation sites (N-methyl/N-ethyl adjacent to an activating group) is 1. The van der Waals surface area contributed by atoms with Crippen molar-refractivity contribution in [3.8, 4) is 0 Å². The number of hydrogen-bond acceptors (Lipinski definition) is 3. The Balaban J connectivity index is 1.99. The Kier molecular flexibility index (Phi) is 3.76. The van der Waals surface area contributed by atoms with Gasteiger partial charge in [0.05, 0.1) is 11.2 Å². The summed E-state index contributed by atoms with van der Waals surface area (Å²) in [6.45, 7) is 4.06. The summed E-state index contributed by atoms with van der Waals surface area (Å²) in [6, 6.07) is 8.65. The molecule has 0 fully saturated rings. The molecule has 0 amide bonds. The highest BCUT2D eigenvalue weighted by Gasteiger charge is 2.06. The molecular formula is C13H20N4. The van der Waals surface area contributed by atoms with Crippen molar-refractivity contribution in [2.45, 2.75) is 19.5 Å². The van der Waals surface area contributed by atoms with E-state index in [-0.39, 0.29) is 0 Å². The molecule has 2 aromatic rings. The first-order valence-corrected chi connectivity index (χ1v) is 5.97. The van der Waals surface area contributed by atoms with Crippen LogP contribution in [-0.4, -0.2) is 41.8 Å². The Morgan fingerprint density at radius 3 is 2.88 bits per heavy atom. The number of para-hydroxylation sites is 1. The number of fused-ring (bicyclic) bond motifs is 1. The van der Waals surface area contributed by atoms with E-state index in [4.69, 9.17) is 0 Å². The number of aromatic nitrogens is 2. The van der Waals surface area contributed by atoms with Crippen molar-refractivity contribution in [2.24, 2.45) is 0 Å². The highest BCUT2D eigenvalue weighted by molar-refractivity contribution is 5.81. The number of nitrogens with zero attached hydrogens (tertiary/aromatic N) is 2. The topological polar surface area (TPSA) is 44.0 Å². The summed E-state index contributed by atoms with van der Waals surface area (Å²) in [4.78, 5) is 2.18. The Hall–Kier alpha value is -1.39. The highest BCUT2D eigenvalue weighted by atomic mass is 15.1. The summed E-state index contributed by atoms with van der Waals surface area (Å²) < 4.78 is 0. The van der Waals surface area contributed by atoms with Gasteiger partial charge in [0, 0.05) is 24.5 Å². The summed E-state index contributed by atoms with van der Waals surface area (Å²) in [7, 11) is 4.17. The molecule has 1 aromatic carbocycles. The maximum Gasteiger partial charge on any atom is 0.0924 e. The molecule has 17 heavy (non-hydrogen) atoms. The molecule has 0 aliphatic rings. The fourth-order valence-corrected chi connectivity index (χ4v) is 2.04. The maximum absolute atomic E-state index is 4.28. The minimum atomic E-state index is 0.465. The molecule has 92 valence electrons. The van der Waals surface area contributed by atoms with Gasteiger partial charge in [-0.2, -0.15) is 5.10 Å². The molecule has 1 heterocycles. The molecule has 1 aromatic heterocycles. The van der Waals surface area contributed by atoms with Gasteiger partial charge in [-0.3, -0.25) is 5.10 Å². The fourth-order valence-electron chi connectivity index (χ4n) is 2.04. The quantitative estimate of drug-likeness (QED) is 0.823. The average molecular weight is 232 g/mol. The van der Waals surface area contributed by atoms with Gasteiger partial charge in [0.1, 0.15) is 0 Å². The van der Waals surface area contributed by atoms with Crippen LogP contribution in [0.2, 0.25) is 0 Å². The number of H-pyrrole nitrogens is 1. The van der Waals surface area contributed by atoms with Crippen LogP contribution < -0.4 is 5.32 Å². The van der Waals surface area contributed by atoms with Crippen molar-refractivity contribution in [1.82, 2.24) is 20.4 Å². The van der Waals surface area contributed by atoms with E-state index in [1.165, 1.54) is 5.39 Å². The zero-order chi connectivity index (χ0) is 12.3. The van der Waals surface area contributed by atoms with E-state index in [2.05, 4.69) is 47.5 Å². The molecule has 4 heteroatoms. The second kappa shape index (κ2) is 5.29. The van der Waals surface area contributed by atoms with E-state index in [9.17, 15) is 0 Å². The van der Waals surface area contributed by atoms with Crippen LogP contribution in [0.3, 0.4) is 0 Å². The van der Waals surface area contributed by atoms with Gasteiger partial charge in [-0.1, -0.05) is 18.2 Å². The van der Waals surface area contributed by atoms with E-state index >= 15 is 0 Å². The zero-order valence-corrected chi connectivity index (χ0v) is 10.7. The van der Waals surface area contributed by atoms with Gasteiger partial charge in [-0.05, 0) is 27.1 Å². The first-order valence-electron chi connectivity index (χ1n) is 5.97.